The predicted molar refractivity (Wildman–Crippen MR) is 54.7 cm³/mol. The van der Waals surface area contributed by atoms with Crippen molar-refractivity contribution in [1.82, 2.24) is 0 Å². The summed E-state index contributed by atoms with van der Waals surface area (Å²) in [5, 5.41) is 0. The van der Waals surface area contributed by atoms with Crippen molar-refractivity contribution >= 4 is 11.6 Å². The van der Waals surface area contributed by atoms with Crippen LogP contribution >= 0.6 is 11.6 Å². The average Bonchev–Trinajstić information content (AvgIpc) is 2.22. The van der Waals surface area contributed by atoms with E-state index in [2.05, 4.69) is 0 Å². The highest BCUT2D eigenvalue weighted by Gasteiger charge is 2.11. The van der Waals surface area contributed by atoms with Crippen LogP contribution in [0.3, 0.4) is 0 Å². The summed E-state index contributed by atoms with van der Waals surface area (Å²) in [6.45, 7) is 0.0923. The maximum absolute atomic E-state index is 13.2. The summed E-state index contributed by atoms with van der Waals surface area (Å²) in [5.74, 6) is -1.95. The molecule has 0 bridgehead atoms. The first-order valence-electron chi connectivity index (χ1n) is 4.25. The number of benzene rings is 1. The minimum Gasteiger partial charge on any atom is -0.483 e. The van der Waals surface area contributed by atoms with E-state index in [-0.39, 0.29) is 13.2 Å². The van der Waals surface area contributed by atoms with Gasteiger partial charge in [0.05, 0.1) is 0 Å². The van der Waals surface area contributed by atoms with Crippen LogP contribution in [0.2, 0.25) is 0 Å². The van der Waals surface area contributed by atoms with Gasteiger partial charge in [-0.15, -0.1) is 0 Å². The molecule has 0 saturated heterocycles. The number of rotatable bonds is 4. The minimum atomic E-state index is -0.765. The number of ether oxygens (including phenoxy) is 1. The molecule has 0 spiro atoms. The molecule has 1 aromatic rings. The Morgan fingerprint density at radius 2 is 1.93 bits per heavy atom. The lowest BCUT2D eigenvalue weighted by molar-refractivity contribution is 0.320. The first kappa shape index (κ1) is 11.9. The Balaban J connectivity index is 2.88. The lowest BCUT2D eigenvalue weighted by atomic mass is 10.2. The molecule has 2 N–H and O–H groups in total. The molecule has 0 aliphatic heterocycles. The molecule has 0 atom stereocenters. The topological polar surface area (TPSA) is 35.2 Å². The maximum Gasteiger partial charge on any atom is 0.191 e. The maximum atomic E-state index is 13.2. The van der Waals surface area contributed by atoms with Gasteiger partial charge in [0.15, 0.2) is 17.4 Å². The zero-order valence-electron chi connectivity index (χ0n) is 7.84. The molecule has 5 heteroatoms. The predicted octanol–water partition coefficient (Wildman–Crippen LogP) is 2.55. The van der Waals surface area contributed by atoms with Gasteiger partial charge in [-0.3, -0.25) is 0 Å². The largest absolute Gasteiger partial charge is 0.483 e. The Morgan fingerprint density at radius 1 is 1.33 bits per heavy atom. The van der Waals surface area contributed by atoms with E-state index in [1.165, 1.54) is 11.6 Å². The molecule has 2 nitrogen and oxygen atoms in total. The molecule has 0 fully saturated rings. The van der Waals surface area contributed by atoms with Crippen molar-refractivity contribution in [2.75, 3.05) is 6.61 Å². The Bertz CT molecular complexity index is 345. The van der Waals surface area contributed by atoms with E-state index < -0.39 is 17.4 Å². The molecule has 0 unspecified atom stereocenters. The zero-order valence-corrected chi connectivity index (χ0v) is 8.60. The smallest absolute Gasteiger partial charge is 0.191 e. The van der Waals surface area contributed by atoms with Crippen LogP contribution in [0.15, 0.2) is 23.7 Å². The van der Waals surface area contributed by atoms with Crippen LogP contribution in [0.25, 0.3) is 0 Å². The van der Waals surface area contributed by atoms with E-state index in [9.17, 15) is 8.78 Å². The monoisotopic (exact) mass is 233 g/mol. The highest BCUT2D eigenvalue weighted by atomic mass is 35.5. The van der Waals surface area contributed by atoms with Crippen molar-refractivity contribution < 1.29 is 13.5 Å². The molecular weight excluding hydrogens is 224 g/mol. The highest BCUT2D eigenvalue weighted by Crippen LogP contribution is 2.23. The second-order valence-corrected chi connectivity index (χ2v) is 3.02. The Labute approximate surface area is 91.3 Å². The molecule has 0 heterocycles. The molecule has 15 heavy (non-hydrogen) atoms. The lowest BCUT2D eigenvalue weighted by Gasteiger charge is -2.07. The third kappa shape index (κ3) is 3.18. The Kier molecular flexibility index (Phi) is 4.52. The fraction of sp³-hybridized carbons (Fsp3) is 0.200. The van der Waals surface area contributed by atoms with Crippen molar-refractivity contribution in [2.24, 2.45) is 5.73 Å². The van der Waals surface area contributed by atoms with E-state index in [1.807, 2.05) is 0 Å². The van der Waals surface area contributed by atoms with Gasteiger partial charge in [0.25, 0.3) is 0 Å². The summed E-state index contributed by atoms with van der Waals surface area (Å²) in [6.07, 6.45) is 1.43. The van der Waals surface area contributed by atoms with Crippen LogP contribution in [0.5, 0.6) is 5.75 Å². The van der Waals surface area contributed by atoms with Crippen LogP contribution in [-0.2, 0) is 6.54 Å². The van der Waals surface area contributed by atoms with Gasteiger partial charge in [-0.05, 0) is 23.8 Å². The molecule has 1 rings (SSSR count). The van der Waals surface area contributed by atoms with Crippen molar-refractivity contribution in [3.63, 3.8) is 0 Å². The number of halogens is 3. The molecule has 1 aromatic carbocycles. The number of hydrogen-bond donors (Lipinski definition) is 1. The van der Waals surface area contributed by atoms with E-state index in [1.54, 1.807) is 0 Å². The van der Waals surface area contributed by atoms with Crippen molar-refractivity contribution in [3.05, 3.63) is 40.9 Å². The van der Waals surface area contributed by atoms with Gasteiger partial charge in [-0.1, -0.05) is 11.6 Å². The van der Waals surface area contributed by atoms with Crippen molar-refractivity contribution in [2.45, 2.75) is 6.54 Å². The first-order valence-corrected chi connectivity index (χ1v) is 4.68. The number of hydrogen-bond acceptors (Lipinski definition) is 2. The van der Waals surface area contributed by atoms with Crippen LogP contribution in [0.4, 0.5) is 8.78 Å². The van der Waals surface area contributed by atoms with Crippen LogP contribution in [0.1, 0.15) is 5.56 Å². The molecule has 82 valence electrons. The molecule has 0 aromatic heterocycles. The molecule has 0 radical (unpaired) electrons. The summed E-state index contributed by atoms with van der Waals surface area (Å²) in [4.78, 5) is 0. The number of nitrogens with two attached hydrogens (primary N) is 1. The van der Waals surface area contributed by atoms with Gasteiger partial charge in [-0.2, -0.15) is 0 Å². The summed E-state index contributed by atoms with van der Waals surface area (Å²) < 4.78 is 31.3. The second-order valence-electron chi connectivity index (χ2n) is 2.77. The summed E-state index contributed by atoms with van der Waals surface area (Å²) in [6, 6.07) is 2.28. The normalized spacial score (nSPS) is 10.9. The molecule has 0 saturated carbocycles. The molecule has 0 amide bonds. The SMILES string of the molecule is NCc1cc(F)c(OCC=CCl)c(F)c1. The Hall–Kier alpha value is -1.13. The van der Waals surface area contributed by atoms with Crippen molar-refractivity contribution in [3.8, 4) is 5.75 Å². The van der Waals surface area contributed by atoms with Gasteiger partial charge in [0, 0.05) is 12.1 Å². The van der Waals surface area contributed by atoms with Gasteiger partial charge < -0.3 is 10.5 Å². The van der Waals surface area contributed by atoms with E-state index in [4.69, 9.17) is 22.1 Å². The fourth-order valence-corrected chi connectivity index (χ4v) is 1.11. The standard InChI is InChI=1S/C10H10ClF2NO/c11-2-1-3-15-10-8(12)4-7(6-14)5-9(10)13/h1-2,4-5H,3,6,14H2. The third-order valence-corrected chi connectivity index (χ3v) is 1.88. The van der Waals surface area contributed by atoms with E-state index in [0.29, 0.717) is 5.56 Å². The van der Waals surface area contributed by atoms with Crippen molar-refractivity contribution in [1.29, 1.82) is 0 Å². The van der Waals surface area contributed by atoms with Crippen LogP contribution < -0.4 is 10.5 Å². The third-order valence-electron chi connectivity index (χ3n) is 1.71. The second kappa shape index (κ2) is 5.68. The summed E-state index contributed by atoms with van der Waals surface area (Å²) in [7, 11) is 0. The minimum absolute atomic E-state index is 0.0132. The van der Waals surface area contributed by atoms with Gasteiger partial charge in [0.1, 0.15) is 6.61 Å². The fourth-order valence-electron chi connectivity index (χ4n) is 1.04. The average molecular weight is 234 g/mol. The molecule has 0 aliphatic rings. The molecular formula is C10H10ClF2NO. The van der Waals surface area contributed by atoms with Crippen LogP contribution in [-0.4, -0.2) is 6.61 Å². The van der Waals surface area contributed by atoms with E-state index in [0.717, 1.165) is 12.1 Å². The summed E-state index contributed by atoms with van der Waals surface area (Å²) in [5.41, 5.74) is 6.85. The first-order chi connectivity index (χ1) is 7.19. The van der Waals surface area contributed by atoms with E-state index >= 15 is 0 Å². The van der Waals surface area contributed by atoms with Crippen LogP contribution in [0, 0.1) is 11.6 Å². The quantitative estimate of drug-likeness (QED) is 0.868. The van der Waals surface area contributed by atoms with Gasteiger partial charge in [-0.25, -0.2) is 8.78 Å². The molecule has 0 aliphatic carbocycles. The lowest BCUT2D eigenvalue weighted by Crippen LogP contribution is -2.03. The highest BCUT2D eigenvalue weighted by molar-refractivity contribution is 6.25. The van der Waals surface area contributed by atoms with Gasteiger partial charge >= 0.3 is 0 Å². The zero-order chi connectivity index (χ0) is 11.3. The Morgan fingerprint density at radius 3 is 2.40 bits per heavy atom. The van der Waals surface area contributed by atoms with Gasteiger partial charge in [0.2, 0.25) is 0 Å². The summed E-state index contributed by atoms with van der Waals surface area (Å²) >= 11 is 5.23.